The fraction of sp³-hybridized carbons (Fsp3) is 0.286. The van der Waals surface area contributed by atoms with Crippen molar-refractivity contribution >= 4 is 17.9 Å². The predicted octanol–water partition coefficient (Wildman–Crippen LogP) is -0.211. The van der Waals surface area contributed by atoms with Gasteiger partial charge >= 0.3 is 0 Å². The summed E-state index contributed by atoms with van der Waals surface area (Å²) in [6, 6.07) is 0. The molecule has 0 radical (unpaired) electrons. The van der Waals surface area contributed by atoms with Gasteiger partial charge in [-0.2, -0.15) is 0 Å². The van der Waals surface area contributed by atoms with Gasteiger partial charge in [0, 0.05) is 18.2 Å². The highest BCUT2D eigenvalue weighted by atomic mass is 16.1. The second-order valence-electron chi connectivity index (χ2n) is 2.26. The van der Waals surface area contributed by atoms with E-state index < -0.39 is 5.91 Å². The van der Waals surface area contributed by atoms with Crippen molar-refractivity contribution in [2.45, 2.75) is 13.3 Å². The topological polar surface area (TPSA) is 72.5 Å². The zero-order valence-electron chi connectivity index (χ0n) is 6.13. The zero-order chi connectivity index (χ0) is 8.43. The van der Waals surface area contributed by atoms with E-state index in [0.29, 0.717) is 12.0 Å². The summed E-state index contributed by atoms with van der Waals surface area (Å²) in [5, 5.41) is 0. The third-order valence-electron chi connectivity index (χ3n) is 1.46. The molecule has 0 aromatic carbocycles. The maximum atomic E-state index is 10.8. The third-order valence-corrected chi connectivity index (χ3v) is 1.46. The lowest BCUT2D eigenvalue weighted by atomic mass is 10.1. The van der Waals surface area contributed by atoms with Gasteiger partial charge in [0.1, 0.15) is 5.70 Å². The van der Waals surface area contributed by atoms with Crippen LogP contribution in [0.2, 0.25) is 0 Å². The molecule has 1 aliphatic heterocycles. The Bertz CT molecular complexity index is 276. The molecule has 2 N–H and O–H groups in total. The summed E-state index contributed by atoms with van der Waals surface area (Å²) in [4.78, 5) is 25.1. The number of ketones is 1. The summed E-state index contributed by atoms with van der Waals surface area (Å²) in [5.41, 5.74) is 5.49. The van der Waals surface area contributed by atoms with E-state index in [-0.39, 0.29) is 11.5 Å². The van der Waals surface area contributed by atoms with Gasteiger partial charge in [0.25, 0.3) is 5.91 Å². The first-order chi connectivity index (χ1) is 5.13. The summed E-state index contributed by atoms with van der Waals surface area (Å²) in [7, 11) is 0. The number of Topliss-reactive ketones (excluding diaryl/α,β-unsaturated/α-hetero) is 1. The Morgan fingerprint density at radius 2 is 2.27 bits per heavy atom. The average Bonchev–Trinajstić information content (AvgIpc) is 2.32. The van der Waals surface area contributed by atoms with Gasteiger partial charge < -0.3 is 5.73 Å². The number of aliphatic imine (C=N–C) groups is 1. The Balaban J connectivity index is 3.02. The molecule has 1 rings (SSSR count). The highest BCUT2D eigenvalue weighted by molar-refractivity contribution is 6.08. The van der Waals surface area contributed by atoms with Crippen LogP contribution in [0.15, 0.2) is 16.3 Å². The maximum Gasteiger partial charge on any atom is 0.267 e. The molecule has 4 nitrogen and oxygen atoms in total. The van der Waals surface area contributed by atoms with Crippen LogP contribution in [0.5, 0.6) is 0 Å². The number of primary amides is 1. The molecule has 0 spiro atoms. The first kappa shape index (κ1) is 7.65. The van der Waals surface area contributed by atoms with Crippen molar-refractivity contribution in [3.05, 3.63) is 11.3 Å². The Labute approximate surface area is 63.8 Å². The minimum Gasteiger partial charge on any atom is -0.364 e. The Morgan fingerprint density at radius 3 is 2.64 bits per heavy atom. The SMILES string of the molecule is CC(=O)C1=C(C(N)=O)N=CC1. The minimum atomic E-state index is -0.635. The minimum absolute atomic E-state index is 0.109. The number of nitrogens with two attached hydrogens (primary N) is 1. The molecule has 0 aromatic heterocycles. The first-order valence-corrected chi connectivity index (χ1v) is 3.19. The Hall–Kier alpha value is -1.45. The number of hydrogen-bond donors (Lipinski definition) is 1. The number of carbonyl (C=O) groups is 2. The lowest BCUT2D eigenvalue weighted by Crippen LogP contribution is -2.14. The van der Waals surface area contributed by atoms with Crippen molar-refractivity contribution in [1.82, 2.24) is 0 Å². The molecule has 0 unspecified atom stereocenters. The number of allylic oxidation sites excluding steroid dienone is 1. The van der Waals surface area contributed by atoms with Crippen LogP contribution >= 0.6 is 0 Å². The lowest BCUT2D eigenvalue weighted by Gasteiger charge is -1.95. The van der Waals surface area contributed by atoms with Gasteiger partial charge in [-0.15, -0.1) is 0 Å². The van der Waals surface area contributed by atoms with Crippen LogP contribution in [0.25, 0.3) is 0 Å². The highest BCUT2D eigenvalue weighted by Crippen LogP contribution is 2.15. The monoisotopic (exact) mass is 152 g/mol. The molecule has 1 aliphatic rings. The maximum absolute atomic E-state index is 10.8. The fourth-order valence-electron chi connectivity index (χ4n) is 0.926. The van der Waals surface area contributed by atoms with E-state index in [2.05, 4.69) is 4.99 Å². The van der Waals surface area contributed by atoms with Crippen LogP contribution < -0.4 is 5.73 Å². The van der Waals surface area contributed by atoms with Gasteiger partial charge in [-0.05, 0) is 6.92 Å². The summed E-state index contributed by atoms with van der Waals surface area (Å²) < 4.78 is 0. The molecule has 0 saturated carbocycles. The highest BCUT2D eigenvalue weighted by Gasteiger charge is 2.18. The number of rotatable bonds is 2. The molecular formula is C7H8N2O2. The van der Waals surface area contributed by atoms with Gasteiger partial charge in [-0.25, -0.2) is 0 Å². The van der Waals surface area contributed by atoms with E-state index in [1.807, 2.05) is 0 Å². The van der Waals surface area contributed by atoms with Gasteiger partial charge in [-0.3, -0.25) is 14.6 Å². The van der Waals surface area contributed by atoms with E-state index in [4.69, 9.17) is 5.73 Å². The quantitative estimate of drug-likeness (QED) is 0.594. The van der Waals surface area contributed by atoms with E-state index >= 15 is 0 Å². The zero-order valence-corrected chi connectivity index (χ0v) is 6.13. The molecule has 1 amide bonds. The number of carbonyl (C=O) groups excluding carboxylic acids is 2. The van der Waals surface area contributed by atoms with E-state index in [9.17, 15) is 9.59 Å². The molecule has 0 aromatic rings. The van der Waals surface area contributed by atoms with Gasteiger partial charge in [0.15, 0.2) is 5.78 Å². The number of hydrogen-bond acceptors (Lipinski definition) is 3. The van der Waals surface area contributed by atoms with Crippen LogP contribution in [-0.2, 0) is 9.59 Å². The Kier molecular flexibility index (Phi) is 1.85. The molecule has 0 atom stereocenters. The van der Waals surface area contributed by atoms with Crippen LogP contribution in [0, 0.1) is 0 Å². The van der Waals surface area contributed by atoms with Crippen molar-refractivity contribution in [2.75, 3.05) is 0 Å². The molecule has 0 aliphatic carbocycles. The van der Waals surface area contributed by atoms with E-state index in [0.717, 1.165) is 0 Å². The van der Waals surface area contributed by atoms with Crippen LogP contribution in [0.3, 0.4) is 0 Å². The van der Waals surface area contributed by atoms with Gasteiger partial charge in [0.2, 0.25) is 0 Å². The lowest BCUT2D eigenvalue weighted by molar-refractivity contribution is -0.116. The second kappa shape index (κ2) is 2.65. The predicted molar refractivity (Wildman–Crippen MR) is 40.0 cm³/mol. The smallest absolute Gasteiger partial charge is 0.267 e. The summed E-state index contributed by atoms with van der Waals surface area (Å²) >= 11 is 0. The van der Waals surface area contributed by atoms with Crippen LogP contribution in [0.1, 0.15) is 13.3 Å². The molecule has 4 heteroatoms. The van der Waals surface area contributed by atoms with Crippen molar-refractivity contribution < 1.29 is 9.59 Å². The van der Waals surface area contributed by atoms with Crippen molar-refractivity contribution in [3.63, 3.8) is 0 Å². The van der Waals surface area contributed by atoms with Crippen molar-refractivity contribution in [2.24, 2.45) is 10.7 Å². The molecule has 0 fully saturated rings. The summed E-state index contributed by atoms with van der Waals surface area (Å²) in [6.07, 6.45) is 1.93. The molecule has 0 saturated heterocycles. The van der Waals surface area contributed by atoms with Gasteiger partial charge in [0.05, 0.1) is 0 Å². The van der Waals surface area contributed by atoms with Crippen molar-refractivity contribution in [1.29, 1.82) is 0 Å². The van der Waals surface area contributed by atoms with Crippen LogP contribution in [0.4, 0.5) is 0 Å². The standard InChI is InChI=1S/C7H8N2O2/c1-4(10)5-2-3-9-6(5)7(8)11/h3H,2H2,1H3,(H2,8,11). The van der Waals surface area contributed by atoms with Crippen molar-refractivity contribution in [3.8, 4) is 0 Å². The molecule has 11 heavy (non-hydrogen) atoms. The molecule has 58 valence electrons. The fourth-order valence-corrected chi connectivity index (χ4v) is 0.926. The van der Waals surface area contributed by atoms with E-state index in [1.165, 1.54) is 13.1 Å². The number of amides is 1. The van der Waals surface area contributed by atoms with E-state index in [1.54, 1.807) is 0 Å². The molecular weight excluding hydrogens is 144 g/mol. The Morgan fingerprint density at radius 1 is 1.64 bits per heavy atom. The van der Waals surface area contributed by atoms with Crippen LogP contribution in [-0.4, -0.2) is 17.9 Å². The third kappa shape index (κ3) is 1.34. The normalized spacial score (nSPS) is 15.7. The second-order valence-corrected chi connectivity index (χ2v) is 2.26. The first-order valence-electron chi connectivity index (χ1n) is 3.19. The van der Waals surface area contributed by atoms with Gasteiger partial charge in [-0.1, -0.05) is 0 Å². The summed E-state index contributed by atoms with van der Waals surface area (Å²) in [6.45, 7) is 1.40. The molecule has 0 bridgehead atoms. The average molecular weight is 152 g/mol. The molecule has 1 heterocycles. The summed E-state index contributed by atoms with van der Waals surface area (Å²) in [5.74, 6) is -0.778. The largest absolute Gasteiger partial charge is 0.364 e. The number of nitrogens with zero attached hydrogens (tertiary/aromatic N) is 1.